The Hall–Kier alpha value is -3.54. The quantitative estimate of drug-likeness (QED) is 0.639. The van der Waals surface area contributed by atoms with Crippen LogP contribution >= 0.6 is 0 Å². The number of carboxylic acid groups (broad SMARTS) is 1. The molecular weight excluding hydrogens is 370 g/mol. The van der Waals surface area contributed by atoms with Crippen molar-refractivity contribution in [2.75, 3.05) is 6.61 Å². The third kappa shape index (κ3) is 3.87. The zero-order valence-corrected chi connectivity index (χ0v) is 15.9. The second-order valence-corrected chi connectivity index (χ2v) is 7.15. The van der Waals surface area contributed by atoms with Crippen LogP contribution in [-0.2, 0) is 9.53 Å². The van der Waals surface area contributed by atoms with Crippen molar-refractivity contribution in [3.63, 3.8) is 0 Å². The summed E-state index contributed by atoms with van der Waals surface area (Å²) in [7, 11) is 0. The van der Waals surface area contributed by atoms with Crippen LogP contribution in [0.15, 0.2) is 65.3 Å². The molecule has 0 spiro atoms. The third-order valence-corrected chi connectivity index (χ3v) is 5.11. The van der Waals surface area contributed by atoms with E-state index in [2.05, 4.69) is 17.4 Å². The summed E-state index contributed by atoms with van der Waals surface area (Å²) in [5.41, 5.74) is 5.37. The number of amides is 1. The van der Waals surface area contributed by atoms with E-state index in [1.807, 2.05) is 43.3 Å². The molecule has 2 aromatic carbocycles. The highest BCUT2D eigenvalue weighted by molar-refractivity contribution is 5.79. The Balaban J connectivity index is 1.47. The van der Waals surface area contributed by atoms with E-state index < -0.39 is 18.1 Å². The minimum absolute atomic E-state index is 0.0584. The summed E-state index contributed by atoms with van der Waals surface area (Å²) >= 11 is 0. The summed E-state index contributed by atoms with van der Waals surface area (Å²) < 4.78 is 10.9. The Kier molecular flexibility index (Phi) is 5.08. The number of nitrogens with one attached hydrogen (secondary N) is 1. The molecule has 0 aliphatic heterocycles. The summed E-state index contributed by atoms with van der Waals surface area (Å²) in [5, 5.41) is 11.8. The summed E-state index contributed by atoms with van der Waals surface area (Å²) in [6.07, 6.45) is 0.549. The van der Waals surface area contributed by atoms with E-state index in [9.17, 15) is 9.59 Å². The van der Waals surface area contributed by atoms with Gasteiger partial charge < -0.3 is 19.6 Å². The molecule has 1 atom stereocenters. The number of benzene rings is 2. The number of fused-ring (bicyclic) bond motifs is 3. The van der Waals surface area contributed by atoms with E-state index in [1.165, 1.54) is 6.26 Å². The summed E-state index contributed by atoms with van der Waals surface area (Å²) in [6.45, 7) is 2.00. The molecule has 4 rings (SSSR count). The number of hydrogen-bond donors (Lipinski definition) is 2. The first-order valence-corrected chi connectivity index (χ1v) is 9.41. The van der Waals surface area contributed by atoms with Crippen LogP contribution in [0.4, 0.5) is 4.79 Å². The monoisotopic (exact) mass is 391 g/mol. The van der Waals surface area contributed by atoms with Crippen LogP contribution in [0.2, 0.25) is 0 Å². The molecule has 29 heavy (non-hydrogen) atoms. The van der Waals surface area contributed by atoms with Gasteiger partial charge >= 0.3 is 12.1 Å². The van der Waals surface area contributed by atoms with E-state index in [0.29, 0.717) is 5.76 Å². The average molecular weight is 391 g/mol. The van der Waals surface area contributed by atoms with Crippen molar-refractivity contribution in [2.24, 2.45) is 0 Å². The first kappa shape index (κ1) is 18.8. The minimum Gasteiger partial charge on any atom is -0.481 e. The number of furan rings is 1. The van der Waals surface area contributed by atoms with Crippen molar-refractivity contribution in [3.05, 3.63) is 83.3 Å². The molecule has 1 aliphatic carbocycles. The minimum atomic E-state index is -1.04. The molecule has 0 saturated carbocycles. The van der Waals surface area contributed by atoms with Gasteiger partial charge in [-0.25, -0.2) is 4.79 Å². The predicted molar refractivity (Wildman–Crippen MR) is 107 cm³/mol. The van der Waals surface area contributed by atoms with Gasteiger partial charge in [0.25, 0.3) is 0 Å². The van der Waals surface area contributed by atoms with Crippen LogP contribution in [0.1, 0.15) is 40.8 Å². The molecule has 148 valence electrons. The molecule has 1 aromatic heterocycles. The maximum atomic E-state index is 12.4. The van der Waals surface area contributed by atoms with Crippen molar-refractivity contribution < 1.29 is 23.8 Å². The molecule has 0 bridgehead atoms. The Labute approximate surface area is 168 Å². The Bertz CT molecular complexity index is 1010. The zero-order chi connectivity index (χ0) is 20.4. The van der Waals surface area contributed by atoms with Crippen LogP contribution in [-0.4, -0.2) is 23.8 Å². The van der Waals surface area contributed by atoms with Crippen LogP contribution in [0, 0.1) is 6.92 Å². The highest BCUT2D eigenvalue weighted by Crippen LogP contribution is 2.44. The molecule has 1 amide bonds. The number of aliphatic carboxylic acids is 1. The van der Waals surface area contributed by atoms with Gasteiger partial charge in [-0.3, -0.25) is 4.79 Å². The van der Waals surface area contributed by atoms with Gasteiger partial charge in [0.1, 0.15) is 18.4 Å². The van der Waals surface area contributed by atoms with Gasteiger partial charge in [-0.15, -0.1) is 0 Å². The van der Waals surface area contributed by atoms with E-state index in [-0.39, 0.29) is 18.9 Å². The maximum absolute atomic E-state index is 12.4. The van der Waals surface area contributed by atoms with Crippen molar-refractivity contribution >= 4 is 12.1 Å². The number of aryl methyl sites for hydroxylation is 1. The fourth-order valence-electron chi connectivity index (χ4n) is 3.82. The van der Waals surface area contributed by atoms with Crippen molar-refractivity contribution in [1.82, 2.24) is 5.32 Å². The van der Waals surface area contributed by atoms with Gasteiger partial charge in [-0.05, 0) is 40.8 Å². The highest BCUT2D eigenvalue weighted by Gasteiger charge is 2.29. The largest absolute Gasteiger partial charge is 0.481 e. The predicted octanol–water partition coefficient (Wildman–Crippen LogP) is 4.64. The van der Waals surface area contributed by atoms with Gasteiger partial charge in [0.05, 0.1) is 12.7 Å². The van der Waals surface area contributed by atoms with Crippen LogP contribution < -0.4 is 5.32 Å². The fourth-order valence-corrected chi connectivity index (χ4v) is 3.82. The summed E-state index contributed by atoms with van der Waals surface area (Å²) in [6, 6.07) is 17.1. The Morgan fingerprint density at radius 1 is 1.10 bits per heavy atom. The SMILES string of the molecule is Cc1coc([C@H](CC(=O)O)NC(=O)OCC2c3ccccc3-c3ccccc32)c1. The second-order valence-electron chi connectivity index (χ2n) is 7.15. The topological polar surface area (TPSA) is 88.8 Å². The molecule has 0 radical (unpaired) electrons. The lowest BCUT2D eigenvalue weighted by molar-refractivity contribution is -0.137. The van der Waals surface area contributed by atoms with Gasteiger partial charge in [0, 0.05) is 5.92 Å². The highest BCUT2D eigenvalue weighted by atomic mass is 16.5. The normalized spacial score (nSPS) is 13.4. The van der Waals surface area contributed by atoms with Gasteiger partial charge in [-0.1, -0.05) is 48.5 Å². The first-order chi connectivity index (χ1) is 14.0. The van der Waals surface area contributed by atoms with Gasteiger partial charge in [-0.2, -0.15) is 0 Å². The molecule has 0 unspecified atom stereocenters. The third-order valence-electron chi connectivity index (χ3n) is 5.11. The van der Waals surface area contributed by atoms with E-state index in [4.69, 9.17) is 14.3 Å². The van der Waals surface area contributed by atoms with Crippen LogP contribution in [0.25, 0.3) is 11.1 Å². The molecule has 6 heteroatoms. The van der Waals surface area contributed by atoms with Crippen molar-refractivity contribution in [2.45, 2.75) is 25.3 Å². The lowest BCUT2D eigenvalue weighted by Gasteiger charge is -2.17. The number of ether oxygens (including phenoxy) is 1. The lowest BCUT2D eigenvalue weighted by atomic mass is 9.98. The molecule has 1 heterocycles. The molecule has 3 aromatic rings. The summed E-state index contributed by atoms with van der Waals surface area (Å²) in [5.74, 6) is -0.710. The number of hydrogen-bond acceptors (Lipinski definition) is 4. The standard InChI is InChI=1S/C23H21NO5/c1-14-10-21(28-12-14)20(11-22(25)26)24-23(27)29-13-19-17-8-4-2-6-15(17)16-7-3-5-9-18(16)19/h2-10,12,19-20H,11,13H2,1H3,(H,24,27)(H,25,26)/t20-/m0/s1. The molecule has 0 saturated heterocycles. The molecule has 1 aliphatic rings. The molecule has 2 N–H and O–H groups in total. The fraction of sp³-hybridized carbons (Fsp3) is 0.217. The molecule has 6 nitrogen and oxygen atoms in total. The Morgan fingerprint density at radius 3 is 2.28 bits per heavy atom. The van der Waals surface area contributed by atoms with Crippen LogP contribution in [0.3, 0.4) is 0 Å². The number of rotatable bonds is 6. The van der Waals surface area contributed by atoms with Crippen molar-refractivity contribution in [3.8, 4) is 11.1 Å². The number of carboxylic acids is 1. The average Bonchev–Trinajstić information content (AvgIpc) is 3.27. The number of carbonyl (C=O) groups excluding carboxylic acids is 1. The molecular formula is C23H21NO5. The lowest BCUT2D eigenvalue weighted by Crippen LogP contribution is -2.31. The smallest absolute Gasteiger partial charge is 0.407 e. The van der Waals surface area contributed by atoms with Crippen LogP contribution in [0.5, 0.6) is 0 Å². The number of carbonyl (C=O) groups is 2. The van der Waals surface area contributed by atoms with E-state index in [1.54, 1.807) is 6.07 Å². The van der Waals surface area contributed by atoms with Crippen molar-refractivity contribution in [1.29, 1.82) is 0 Å². The number of alkyl carbamates (subject to hydrolysis) is 1. The van der Waals surface area contributed by atoms with Gasteiger partial charge in [0.15, 0.2) is 0 Å². The zero-order valence-electron chi connectivity index (χ0n) is 15.9. The second kappa shape index (κ2) is 7.83. The molecule has 0 fully saturated rings. The summed E-state index contributed by atoms with van der Waals surface area (Å²) in [4.78, 5) is 23.6. The van der Waals surface area contributed by atoms with E-state index in [0.717, 1.165) is 27.8 Å². The van der Waals surface area contributed by atoms with E-state index >= 15 is 0 Å². The van der Waals surface area contributed by atoms with Gasteiger partial charge in [0.2, 0.25) is 0 Å². The maximum Gasteiger partial charge on any atom is 0.407 e. The first-order valence-electron chi connectivity index (χ1n) is 9.41. The Morgan fingerprint density at radius 2 is 1.72 bits per heavy atom.